The topological polar surface area (TPSA) is 21.3 Å². The molecule has 0 radical (unpaired) electrons. The van der Waals surface area contributed by atoms with Gasteiger partial charge in [0.1, 0.15) is 5.82 Å². The molecule has 0 bridgehead atoms. The lowest BCUT2D eigenvalue weighted by Crippen LogP contribution is -2.30. The second kappa shape index (κ2) is 8.46. The Morgan fingerprint density at radius 3 is 3.00 bits per heavy atom. The highest BCUT2D eigenvalue weighted by Crippen LogP contribution is 2.14. The molecule has 0 amide bonds. The number of piperidine rings is 1. The standard InChI is InChI=1S/C14H20FNO.ClH/c15-14-5-1-3-13(9-14)11-17-8-6-12-4-2-7-16-10-12;/h1,3,5,9,12,16H,2,4,6-8,10-11H2;1H. The third-order valence-electron chi connectivity index (χ3n) is 3.23. The van der Waals surface area contributed by atoms with E-state index in [2.05, 4.69) is 5.32 Å². The number of halogens is 2. The lowest BCUT2D eigenvalue weighted by Gasteiger charge is -2.22. The van der Waals surface area contributed by atoms with Gasteiger partial charge >= 0.3 is 0 Å². The summed E-state index contributed by atoms with van der Waals surface area (Å²) in [5.41, 5.74) is 0.909. The van der Waals surface area contributed by atoms with Crippen molar-refractivity contribution in [2.45, 2.75) is 25.9 Å². The van der Waals surface area contributed by atoms with E-state index in [0.29, 0.717) is 6.61 Å². The molecule has 0 spiro atoms. The SMILES string of the molecule is Cl.Fc1cccc(COCCC2CCCNC2)c1. The first kappa shape index (κ1) is 15.4. The van der Waals surface area contributed by atoms with Gasteiger partial charge in [-0.3, -0.25) is 0 Å². The van der Waals surface area contributed by atoms with Crippen LogP contribution in [-0.2, 0) is 11.3 Å². The summed E-state index contributed by atoms with van der Waals surface area (Å²) in [6, 6.07) is 6.60. The van der Waals surface area contributed by atoms with Crippen LogP contribution in [0.25, 0.3) is 0 Å². The van der Waals surface area contributed by atoms with E-state index in [1.165, 1.54) is 25.0 Å². The normalized spacial score (nSPS) is 19.3. The minimum Gasteiger partial charge on any atom is -0.377 e. The lowest BCUT2D eigenvalue weighted by molar-refractivity contribution is 0.103. The van der Waals surface area contributed by atoms with Gasteiger partial charge in [-0.05, 0) is 56.0 Å². The fourth-order valence-electron chi connectivity index (χ4n) is 2.24. The molecule has 1 heterocycles. The molecular formula is C14H21ClFNO. The van der Waals surface area contributed by atoms with Crippen LogP contribution in [0.3, 0.4) is 0 Å². The quantitative estimate of drug-likeness (QED) is 0.832. The van der Waals surface area contributed by atoms with Crippen molar-refractivity contribution >= 4 is 12.4 Å². The zero-order chi connectivity index (χ0) is 11.9. The average Bonchev–Trinajstić information content (AvgIpc) is 2.36. The van der Waals surface area contributed by atoms with Gasteiger partial charge in [0.25, 0.3) is 0 Å². The second-order valence-corrected chi connectivity index (χ2v) is 4.68. The smallest absolute Gasteiger partial charge is 0.123 e. The van der Waals surface area contributed by atoms with Gasteiger partial charge in [0, 0.05) is 6.61 Å². The third kappa shape index (κ3) is 5.34. The largest absolute Gasteiger partial charge is 0.377 e. The van der Waals surface area contributed by atoms with Crippen LogP contribution in [0.4, 0.5) is 4.39 Å². The number of rotatable bonds is 5. The van der Waals surface area contributed by atoms with Gasteiger partial charge in [-0.2, -0.15) is 0 Å². The molecule has 2 nitrogen and oxygen atoms in total. The summed E-state index contributed by atoms with van der Waals surface area (Å²) in [5.74, 6) is 0.554. The number of hydrogen-bond donors (Lipinski definition) is 1. The summed E-state index contributed by atoms with van der Waals surface area (Å²) in [7, 11) is 0. The Bertz CT molecular complexity index is 342. The van der Waals surface area contributed by atoms with Crippen molar-refractivity contribution in [3.63, 3.8) is 0 Å². The molecule has 1 aromatic rings. The average molecular weight is 274 g/mol. The first-order chi connectivity index (χ1) is 8.34. The maximum Gasteiger partial charge on any atom is 0.123 e. The predicted octanol–water partition coefficient (Wildman–Crippen LogP) is 3.15. The highest BCUT2D eigenvalue weighted by atomic mass is 35.5. The van der Waals surface area contributed by atoms with Gasteiger partial charge < -0.3 is 10.1 Å². The van der Waals surface area contributed by atoms with Gasteiger partial charge in [0.2, 0.25) is 0 Å². The summed E-state index contributed by atoms with van der Waals surface area (Å²) in [5, 5.41) is 3.40. The highest BCUT2D eigenvalue weighted by molar-refractivity contribution is 5.85. The lowest BCUT2D eigenvalue weighted by atomic mass is 9.97. The second-order valence-electron chi connectivity index (χ2n) is 4.68. The fraction of sp³-hybridized carbons (Fsp3) is 0.571. The van der Waals surface area contributed by atoms with Crippen LogP contribution in [0.1, 0.15) is 24.8 Å². The molecule has 1 atom stereocenters. The Kier molecular flexibility index (Phi) is 7.25. The molecule has 102 valence electrons. The minimum absolute atomic E-state index is 0. The van der Waals surface area contributed by atoms with Crippen molar-refractivity contribution in [2.75, 3.05) is 19.7 Å². The monoisotopic (exact) mass is 273 g/mol. The minimum atomic E-state index is -0.192. The van der Waals surface area contributed by atoms with Gasteiger partial charge in [-0.15, -0.1) is 12.4 Å². The number of ether oxygens (including phenoxy) is 1. The summed E-state index contributed by atoms with van der Waals surface area (Å²) >= 11 is 0. The van der Waals surface area contributed by atoms with Gasteiger partial charge in [0.05, 0.1) is 6.61 Å². The Hall–Kier alpha value is -0.640. The van der Waals surface area contributed by atoms with E-state index in [0.717, 1.165) is 37.6 Å². The van der Waals surface area contributed by atoms with Crippen molar-refractivity contribution < 1.29 is 9.13 Å². The van der Waals surface area contributed by atoms with E-state index < -0.39 is 0 Å². The first-order valence-electron chi connectivity index (χ1n) is 6.37. The van der Waals surface area contributed by atoms with Gasteiger partial charge in [-0.25, -0.2) is 4.39 Å². The van der Waals surface area contributed by atoms with E-state index in [1.807, 2.05) is 6.07 Å². The van der Waals surface area contributed by atoms with Crippen molar-refractivity contribution in [1.82, 2.24) is 5.32 Å². The molecular weight excluding hydrogens is 253 g/mol. The Balaban J connectivity index is 0.00000162. The molecule has 18 heavy (non-hydrogen) atoms. The van der Waals surface area contributed by atoms with Crippen LogP contribution in [0.5, 0.6) is 0 Å². The highest BCUT2D eigenvalue weighted by Gasteiger charge is 2.12. The third-order valence-corrected chi connectivity index (χ3v) is 3.23. The van der Waals surface area contributed by atoms with Crippen molar-refractivity contribution in [3.8, 4) is 0 Å². The molecule has 1 saturated heterocycles. The molecule has 1 N–H and O–H groups in total. The molecule has 1 aliphatic rings. The zero-order valence-corrected chi connectivity index (χ0v) is 11.3. The van der Waals surface area contributed by atoms with Crippen LogP contribution >= 0.6 is 12.4 Å². The van der Waals surface area contributed by atoms with Crippen molar-refractivity contribution in [1.29, 1.82) is 0 Å². The van der Waals surface area contributed by atoms with Crippen LogP contribution < -0.4 is 5.32 Å². The van der Waals surface area contributed by atoms with E-state index in [9.17, 15) is 4.39 Å². The summed E-state index contributed by atoms with van der Waals surface area (Å²) in [4.78, 5) is 0. The van der Waals surface area contributed by atoms with Crippen molar-refractivity contribution in [3.05, 3.63) is 35.6 Å². The molecule has 2 rings (SSSR count). The maximum atomic E-state index is 12.9. The van der Waals surface area contributed by atoms with E-state index in [1.54, 1.807) is 6.07 Å². The van der Waals surface area contributed by atoms with Crippen LogP contribution in [0, 0.1) is 11.7 Å². The van der Waals surface area contributed by atoms with Crippen LogP contribution in [0.2, 0.25) is 0 Å². The maximum absolute atomic E-state index is 12.9. The molecule has 0 aromatic heterocycles. The molecule has 4 heteroatoms. The zero-order valence-electron chi connectivity index (χ0n) is 10.5. The van der Waals surface area contributed by atoms with Crippen LogP contribution in [0.15, 0.2) is 24.3 Å². The summed E-state index contributed by atoms with van der Waals surface area (Å²) < 4.78 is 18.5. The first-order valence-corrected chi connectivity index (χ1v) is 6.37. The van der Waals surface area contributed by atoms with Gasteiger partial charge in [0.15, 0.2) is 0 Å². The van der Waals surface area contributed by atoms with E-state index in [4.69, 9.17) is 4.74 Å². The predicted molar refractivity (Wildman–Crippen MR) is 73.5 cm³/mol. The Morgan fingerprint density at radius 1 is 1.39 bits per heavy atom. The van der Waals surface area contributed by atoms with E-state index in [-0.39, 0.29) is 18.2 Å². The molecule has 1 unspecified atom stereocenters. The van der Waals surface area contributed by atoms with Crippen molar-refractivity contribution in [2.24, 2.45) is 5.92 Å². The molecule has 1 aliphatic heterocycles. The number of nitrogens with one attached hydrogen (secondary N) is 1. The Labute approximate surface area is 114 Å². The van der Waals surface area contributed by atoms with Crippen LogP contribution in [-0.4, -0.2) is 19.7 Å². The molecule has 0 aliphatic carbocycles. The molecule has 1 aromatic carbocycles. The summed E-state index contributed by atoms with van der Waals surface area (Å²) in [6.45, 7) is 3.55. The van der Waals surface area contributed by atoms with E-state index >= 15 is 0 Å². The molecule has 1 fully saturated rings. The summed E-state index contributed by atoms with van der Waals surface area (Å²) in [6.07, 6.45) is 3.67. The van der Waals surface area contributed by atoms with Gasteiger partial charge in [-0.1, -0.05) is 12.1 Å². The Morgan fingerprint density at radius 2 is 2.28 bits per heavy atom. The number of hydrogen-bond acceptors (Lipinski definition) is 2. The molecule has 0 saturated carbocycles. The fourth-order valence-corrected chi connectivity index (χ4v) is 2.24. The number of benzene rings is 1.